The van der Waals surface area contributed by atoms with E-state index >= 15 is 0 Å². The van der Waals surface area contributed by atoms with Crippen LogP contribution in [0.25, 0.3) is 0 Å². The van der Waals surface area contributed by atoms with E-state index in [4.69, 9.17) is 5.11 Å². The number of azo groups is 1. The largest absolute Gasteiger partial charge is 0.491 e. The van der Waals surface area contributed by atoms with Crippen molar-refractivity contribution in [2.75, 3.05) is 0 Å². The third kappa shape index (κ3) is 1.74. The van der Waals surface area contributed by atoms with Gasteiger partial charge in [0.1, 0.15) is 0 Å². The van der Waals surface area contributed by atoms with E-state index in [9.17, 15) is 0 Å². The number of hydrogen-bond acceptors (Lipinski definition) is 5. The molecule has 1 aromatic heterocycles. The average Bonchev–Trinajstić information content (AvgIpc) is 2.63. The number of nitrogens with zero attached hydrogens (tertiary/aromatic N) is 4. The minimum absolute atomic E-state index is 0.0776. The summed E-state index contributed by atoms with van der Waals surface area (Å²) < 4.78 is 0. The maximum Gasteiger partial charge on any atom is 0.259 e. The van der Waals surface area contributed by atoms with Gasteiger partial charge in [0, 0.05) is 0 Å². The van der Waals surface area contributed by atoms with E-state index in [1.807, 2.05) is 18.2 Å². The Hall–Kier alpha value is -2.24. The Morgan fingerprint density at radius 2 is 1.93 bits per heavy atom. The number of hydrogen-bond donors (Lipinski definition) is 2. The second-order valence-corrected chi connectivity index (χ2v) is 2.52. The van der Waals surface area contributed by atoms with Crippen molar-refractivity contribution < 1.29 is 5.11 Å². The second-order valence-electron chi connectivity index (χ2n) is 2.52. The summed E-state index contributed by atoms with van der Waals surface area (Å²) in [6.07, 6.45) is 0. The first-order valence-corrected chi connectivity index (χ1v) is 3.93. The van der Waals surface area contributed by atoms with Crippen LogP contribution in [0.15, 0.2) is 40.6 Å². The number of benzene rings is 1. The molecule has 2 aromatic rings. The number of nitrogens with one attached hydrogen (secondary N) is 1. The van der Waals surface area contributed by atoms with Crippen LogP contribution in [0.5, 0.6) is 5.88 Å². The molecule has 0 amide bonds. The van der Waals surface area contributed by atoms with E-state index < -0.39 is 0 Å². The van der Waals surface area contributed by atoms with Crippen LogP contribution in [0.2, 0.25) is 0 Å². The minimum Gasteiger partial charge on any atom is -0.491 e. The van der Waals surface area contributed by atoms with E-state index in [0.717, 1.165) is 0 Å². The summed E-state index contributed by atoms with van der Waals surface area (Å²) in [4.78, 5) is 0. The molecule has 0 spiro atoms. The normalized spacial score (nSPS) is 10.9. The van der Waals surface area contributed by atoms with Crippen molar-refractivity contribution in [2.24, 2.45) is 10.2 Å². The van der Waals surface area contributed by atoms with E-state index in [-0.39, 0.29) is 11.7 Å². The number of aromatic amines is 1. The van der Waals surface area contributed by atoms with Gasteiger partial charge in [0.2, 0.25) is 0 Å². The van der Waals surface area contributed by atoms with Crippen LogP contribution in [0, 0.1) is 0 Å². The van der Waals surface area contributed by atoms with Crippen molar-refractivity contribution in [3.8, 4) is 5.88 Å². The van der Waals surface area contributed by atoms with Gasteiger partial charge in [-0.15, -0.1) is 15.3 Å². The lowest BCUT2D eigenvalue weighted by Crippen LogP contribution is -1.65. The highest BCUT2D eigenvalue weighted by Gasteiger charge is 2.01. The highest BCUT2D eigenvalue weighted by atomic mass is 16.3. The number of H-pyrrole nitrogens is 1. The molecule has 0 atom stereocenters. The van der Waals surface area contributed by atoms with Gasteiger partial charge < -0.3 is 5.11 Å². The number of aromatic nitrogens is 3. The second kappa shape index (κ2) is 3.65. The Bertz CT molecular complexity index is 436. The zero-order valence-corrected chi connectivity index (χ0v) is 7.12. The van der Waals surface area contributed by atoms with Gasteiger partial charge >= 0.3 is 0 Å². The summed E-state index contributed by atoms with van der Waals surface area (Å²) in [6.45, 7) is 0. The fraction of sp³-hybridized carbons (Fsp3) is 0. The highest BCUT2D eigenvalue weighted by Crippen LogP contribution is 2.21. The first-order chi connectivity index (χ1) is 6.86. The molecule has 0 aliphatic carbocycles. The zero-order chi connectivity index (χ0) is 9.80. The van der Waals surface area contributed by atoms with Crippen molar-refractivity contribution in [1.82, 2.24) is 15.4 Å². The molecular formula is C8H7N5O. The van der Waals surface area contributed by atoms with E-state index in [0.29, 0.717) is 5.69 Å². The van der Waals surface area contributed by atoms with Gasteiger partial charge in [0.15, 0.2) is 0 Å². The fourth-order valence-corrected chi connectivity index (χ4v) is 0.884. The quantitative estimate of drug-likeness (QED) is 0.707. The molecule has 1 aromatic carbocycles. The van der Waals surface area contributed by atoms with Crippen LogP contribution in [-0.2, 0) is 0 Å². The number of rotatable bonds is 2. The summed E-state index contributed by atoms with van der Waals surface area (Å²) in [6, 6.07) is 9.15. The topological polar surface area (TPSA) is 86.5 Å². The van der Waals surface area contributed by atoms with Crippen LogP contribution in [0.1, 0.15) is 0 Å². The van der Waals surface area contributed by atoms with Gasteiger partial charge in [-0.25, -0.2) is 5.10 Å². The van der Waals surface area contributed by atoms with Crippen LogP contribution < -0.4 is 0 Å². The number of aromatic hydroxyl groups is 1. The van der Waals surface area contributed by atoms with Crippen LogP contribution in [0.3, 0.4) is 0 Å². The molecule has 2 N–H and O–H groups in total. The van der Waals surface area contributed by atoms with Crippen LogP contribution >= 0.6 is 0 Å². The smallest absolute Gasteiger partial charge is 0.259 e. The molecule has 0 aliphatic rings. The molecule has 1 heterocycles. The summed E-state index contributed by atoms with van der Waals surface area (Å²) in [5.74, 6) is -0.112. The van der Waals surface area contributed by atoms with Gasteiger partial charge in [-0.2, -0.15) is 0 Å². The molecule has 0 bridgehead atoms. The zero-order valence-electron chi connectivity index (χ0n) is 7.12. The fourth-order valence-electron chi connectivity index (χ4n) is 0.884. The summed E-state index contributed by atoms with van der Waals surface area (Å²) >= 11 is 0. The van der Waals surface area contributed by atoms with E-state index in [1.54, 1.807) is 12.1 Å². The van der Waals surface area contributed by atoms with Crippen molar-refractivity contribution in [1.29, 1.82) is 0 Å². The average molecular weight is 189 g/mol. The molecule has 6 nitrogen and oxygen atoms in total. The van der Waals surface area contributed by atoms with Crippen LogP contribution in [-0.4, -0.2) is 20.5 Å². The lowest BCUT2D eigenvalue weighted by Gasteiger charge is -1.88. The molecule has 0 unspecified atom stereocenters. The first kappa shape index (κ1) is 8.36. The lowest BCUT2D eigenvalue weighted by molar-refractivity contribution is 0.453. The molecule has 0 aliphatic heterocycles. The highest BCUT2D eigenvalue weighted by molar-refractivity contribution is 5.39. The third-order valence-electron chi connectivity index (χ3n) is 1.53. The summed E-state index contributed by atoms with van der Waals surface area (Å²) in [5.41, 5.74) is 0.690. The lowest BCUT2D eigenvalue weighted by atomic mass is 10.3. The van der Waals surface area contributed by atoms with E-state index in [1.165, 1.54) is 0 Å². The maximum absolute atomic E-state index is 9.09. The van der Waals surface area contributed by atoms with Crippen LogP contribution in [0.4, 0.5) is 11.5 Å². The molecule has 0 saturated carbocycles. The van der Waals surface area contributed by atoms with Gasteiger partial charge in [0.05, 0.1) is 5.69 Å². The Balaban J connectivity index is 2.20. The molecule has 70 valence electrons. The molecular weight excluding hydrogens is 182 g/mol. The molecule has 0 saturated heterocycles. The van der Waals surface area contributed by atoms with Crippen molar-refractivity contribution in [3.05, 3.63) is 30.3 Å². The van der Waals surface area contributed by atoms with Gasteiger partial charge in [0.25, 0.3) is 11.7 Å². The van der Waals surface area contributed by atoms with Gasteiger partial charge in [-0.3, -0.25) is 0 Å². The predicted octanol–water partition coefficient (Wildman–Crippen LogP) is 1.93. The maximum atomic E-state index is 9.09. The van der Waals surface area contributed by atoms with Crippen molar-refractivity contribution >= 4 is 11.5 Å². The standard InChI is InChI=1S/C8H7N5O/c14-8-7(11-13-12-8)10-9-6-4-2-1-3-5-6/h1-5H,(H2,11,12,13,14). The van der Waals surface area contributed by atoms with Gasteiger partial charge in [-0.05, 0) is 12.1 Å². The SMILES string of the molecule is Oc1[nH]nnc1N=Nc1ccccc1. The Morgan fingerprint density at radius 3 is 2.57 bits per heavy atom. The van der Waals surface area contributed by atoms with Crippen molar-refractivity contribution in [2.45, 2.75) is 0 Å². The molecule has 2 rings (SSSR count). The third-order valence-corrected chi connectivity index (χ3v) is 1.53. The molecule has 6 heteroatoms. The monoisotopic (exact) mass is 189 g/mol. The first-order valence-electron chi connectivity index (χ1n) is 3.93. The summed E-state index contributed by atoms with van der Waals surface area (Å²) in [7, 11) is 0. The van der Waals surface area contributed by atoms with Crippen molar-refractivity contribution in [3.63, 3.8) is 0 Å². The minimum atomic E-state index is -0.190. The Morgan fingerprint density at radius 1 is 1.14 bits per heavy atom. The Kier molecular flexibility index (Phi) is 2.18. The van der Waals surface area contributed by atoms with E-state index in [2.05, 4.69) is 25.6 Å². The summed E-state index contributed by atoms with van der Waals surface area (Å²) in [5, 5.41) is 25.8. The molecule has 0 fully saturated rings. The Labute approximate surface area is 79.3 Å². The van der Waals surface area contributed by atoms with Gasteiger partial charge in [-0.1, -0.05) is 23.4 Å². The molecule has 0 radical (unpaired) electrons. The molecule has 14 heavy (non-hydrogen) atoms. The predicted molar refractivity (Wildman–Crippen MR) is 48.7 cm³/mol.